The van der Waals surface area contributed by atoms with E-state index in [9.17, 15) is 9.59 Å². The molecule has 0 aromatic carbocycles. The van der Waals surface area contributed by atoms with E-state index >= 15 is 0 Å². The topological polar surface area (TPSA) is 111 Å². The fraction of sp³-hybridized carbons (Fsp3) is 0.455. The molecule has 1 fully saturated rings. The van der Waals surface area contributed by atoms with Gasteiger partial charge in [0, 0.05) is 20.1 Å². The van der Waals surface area contributed by atoms with Gasteiger partial charge in [-0.3, -0.25) is 9.59 Å². The van der Waals surface area contributed by atoms with E-state index in [2.05, 4.69) is 5.32 Å². The second kappa shape index (κ2) is 5.45. The Morgan fingerprint density at radius 3 is 2.53 bits per heavy atom. The van der Waals surface area contributed by atoms with Crippen LogP contribution in [0.1, 0.15) is 20.0 Å². The monoisotopic (exact) mass is 284 g/mol. The molecule has 0 bridgehead atoms. The Morgan fingerprint density at radius 2 is 2.00 bits per heavy atom. The molecule has 1 aliphatic heterocycles. The molecule has 2 rings (SSSR count). The van der Waals surface area contributed by atoms with Crippen LogP contribution in [-0.2, 0) is 4.74 Å². The van der Waals surface area contributed by atoms with Crippen LogP contribution in [0.3, 0.4) is 0 Å². The van der Waals surface area contributed by atoms with Gasteiger partial charge >= 0.3 is 0 Å². The standard InChI is InChI=1S/C11H16N4O3S/c1-14-10(17)8-7(12)6(9(13)16)11(19-8)15-2-4-18-5-3-15/h2-5,12H2,1H3,(H2,13,16)(H,14,17). The smallest absolute Gasteiger partial charge is 0.263 e. The van der Waals surface area contributed by atoms with Crippen LogP contribution in [0.4, 0.5) is 10.7 Å². The summed E-state index contributed by atoms with van der Waals surface area (Å²) in [5.74, 6) is -0.935. The number of rotatable bonds is 3. The highest BCUT2D eigenvalue weighted by atomic mass is 32.1. The molecule has 0 spiro atoms. The summed E-state index contributed by atoms with van der Waals surface area (Å²) in [6.45, 7) is 2.44. The lowest BCUT2D eigenvalue weighted by Gasteiger charge is -2.28. The molecule has 104 valence electrons. The van der Waals surface area contributed by atoms with Crippen molar-refractivity contribution in [2.24, 2.45) is 5.73 Å². The number of nitrogens with zero attached hydrogens (tertiary/aromatic N) is 1. The van der Waals surface area contributed by atoms with Gasteiger partial charge in [0.05, 0.1) is 24.5 Å². The van der Waals surface area contributed by atoms with E-state index < -0.39 is 5.91 Å². The molecule has 1 saturated heterocycles. The zero-order chi connectivity index (χ0) is 14.0. The van der Waals surface area contributed by atoms with Crippen LogP contribution in [0, 0.1) is 0 Å². The Kier molecular flexibility index (Phi) is 3.91. The quantitative estimate of drug-likeness (QED) is 0.701. The fourth-order valence-corrected chi connectivity index (χ4v) is 3.17. The molecule has 19 heavy (non-hydrogen) atoms. The number of anilines is 2. The Labute approximate surface area is 114 Å². The van der Waals surface area contributed by atoms with Crippen molar-refractivity contribution in [2.75, 3.05) is 44.0 Å². The highest BCUT2D eigenvalue weighted by molar-refractivity contribution is 7.19. The van der Waals surface area contributed by atoms with Crippen LogP contribution >= 0.6 is 11.3 Å². The number of ether oxygens (including phenoxy) is 1. The van der Waals surface area contributed by atoms with E-state index in [0.29, 0.717) is 36.2 Å². The first kappa shape index (κ1) is 13.6. The summed E-state index contributed by atoms with van der Waals surface area (Å²) in [5.41, 5.74) is 11.6. The molecule has 2 heterocycles. The normalized spacial score (nSPS) is 15.3. The lowest BCUT2D eigenvalue weighted by molar-refractivity contribution is 0.0967. The van der Waals surface area contributed by atoms with Crippen LogP contribution in [0.5, 0.6) is 0 Å². The number of nitrogens with one attached hydrogen (secondary N) is 1. The largest absolute Gasteiger partial charge is 0.397 e. The van der Waals surface area contributed by atoms with Crippen LogP contribution < -0.4 is 21.7 Å². The molecule has 1 aliphatic rings. The molecule has 0 aliphatic carbocycles. The van der Waals surface area contributed by atoms with Gasteiger partial charge in [-0.15, -0.1) is 11.3 Å². The van der Waals surface area contributed by atoms with E-state index in [1.807, 2.05) is 4.90 Å². The maximum Gasteiger partial charge on any atom is 0.263 e. The molecule has 2 amide bonds. The number of hydrogen-bond acceptors (Lipinski definition) is 6. The van der Waals surface area contributed by atoms with E-state index in [1.54, 1.807) is 0 Å². The lowest BCUT2D eigenvalue weighted by atomic mass is 10.2. The van der Waals surface area contributed by atoms with E-state index in [-0.39, 0.29) is 17.2 Å². The molecule has 1 aromatic heterocycles. The molecule has 1 aromatic rings. The number of primary amides is 1. The summed E-state index contributed by atoms with van der Waals surface area (Å²) in [5, 5.41) is 3.15. The van der Waals surface area contributed by atoms with Gasteiger partial charge in [0.2, 0.25) is 0 Å². The molecule has 7 nitrogen and oxygen atoms in total. The summed E-state index contributed by atoms with van der Waals surface area (Å²) >= 11 is 1.19. The molecule has 0 radical (unpaired) electrons. The highest BCUT2D eigenvalue weighted by Crippen LogP contribution is 2.38. The number of thiophene rings is 1. The molecule has 0 saturated carbocycles. The molecular weight excluding hydrogens is 268 g/mol. The number of carbonyl (C=O) groups excluding carboxylic acids is 2. The highest BCUT2D eigenvalue weighted by Gasteiger charge is 2.27. The number of carbonyl (C=O) groups is 2. The van der Waals surface area contributed by atoms with Gasteiger partial charge in [0.1, 0.15) is 9.88 Å². The van der Waals surface area contributed by atoms with Gasteiger partial charge in [-0.1, -0.05) is 0 Å². The van der Waals surface area contributed by atoms with Crippen LogP contribution in [0.15, 0.2) is 0 Å². The van der Waals surface area contributed by atoms with Gasteiger partial charge in [-0.25, -0.2) is 0 Å². The molecule has 0 unspecified atom stereocenters. The SMILES string of the molecule is CNC(=O)c1sc(N2CCOCC2)c(C(N)=O)c1N. The maximum absolute atomic E-state index is 11.7. The minimum atomic E-state index is -0.620. The predicted molar refractivity (Wildman–Crippen MR) is 73.7 cm³/mol. The van der Waals surface area contributed by atoms with Crippen molar-refractivity contribution in [1.29, 1.82) is 0 Å². The van der Waals surface area contributed by atoms with Gasteiger partial charge in [0.25, 0.3) is 11.8 Å². The molecule has 0 atom stereocenters. The third-order valence-corrected chi connectivity index (χ3v) is 4.17. The second-order valence-electron chi connectivity index (χ2n) is 4.07. The van der Waals surface area contributed by atoms with Crippen LogP contribution in [-0.4, -0.2) is 45.2 Å². The van der Waals surface area contributed by atoms with Gasteiger partial charge in [0.15, 0.2) is 0 Å². The Hall–Kier alpha value is -1.80. The van der Waals surface area contributed by atoms with Crippen molar-refractivity contribution in [3.05, 3.63) is 10.4 Å². The Morgan fingerprint density at radius 1 is 1.37 bits per heavy atom. The first-order valence-corrected chi connectivity index (χ1v) is 6.64. The van der Waals surface area contributed by atoms with Gasteiger partial charge in [-0.05, 0) is 0 Å². The molecular formula is C11H16N4O3S. The minimum Gasteiger partial charge on any atom is -0.397 e. The van der Waals surface area contributed by atoms with Crippen molar-refractivity contribution in [1.82, 2.24) is 5.32 Å². The number of nitrogens with two attached hydrogens (primary N) is 2. The van der Waals surface area contributed by atoms with Crippen molar-refractivity contribution >= 4 is 33.8 Å². The van der Waals surface area contributed by atoms with Crippen molar-refractivity contribution < 1.29 is 14.3 Å². The van der Waals surface area contributed by atoms with Gasteiger partial charge in [-0.2, -0.15) is 0 Å². The zero-order valence-electron chi connectivity index (χ0n) is 10.6. The van der Waals surface area contributed by atoms with E-state index in [1.165, 1.54) is 18.4 Å². The second-order valence-corrected chi connectivity index (χ2v) is 5.07. The number of amides is 2. The summed E-state index contributed by atoms with van der Waals surface area (Å²) in [4.78, 5) is 25.6. The summed E-state index contributed by atoms with van der Waals surface area (Å²) < 4.78 is 5.26. The third-order valence-electron chi connectivity index (χ3n) is 2.90. The fourth-order valence-electron chi connectivity index (χ4n) is 1.94. The number of morpholine rings is 1. The van der Waals surface area contributed by atoms with Gasteiger partial charge < -0.3 is 26.4 Å². The van der Waals surface area contributed by atoms with Crippen molar-refractivity contribution in [3.8, 4) is 0 Å². The van der Waals surface area contributed by atoms with Crippen LogP contribution in [0.25, 0.3) is 0 Å². The molecule has 5 N–H and O–H groups in total. The summed E-state index contributed by atoms with van der Waals surface area (Å²) in [7, 11) is 1.51. The van der Waals surface area contributed by atoms with Crippen molar-refractivity contribution in [2.45, 2.75) is 0 Å². The Bertz CT molecular complexity index is 508. The molecule has 8 heteroatoms. The zero-order valence-corrected chi connectivity index (χ0v) is 11.4. The Balaban J connectivity index is 2.46. The number of nitrogen functional groups attached to an aromatic ring is 1. The average molecular weight is 284 g/mol. The first-order chi connectivity index (χ1) is 9.06. The minimum absolute atomic E-state index is 0.151. The maximum atomic E-state index is 11.7. The first-order valence-electron chi connectivity index (χ1n) is 5.83. The van der Waals surface area contributed by atoms with E-state index in [4.69, 9.17) is 16.2 Å². The summed E-state index contributed by atoms with van der Waals surface area (Å²) in [6.07, 6.45) is 0. The summed E-state index contributed by atoms with van der Waals surface area (Å²) in [6, 6.07) is 0. The third kappa shape index (κ3) is 2.49. The average Bonchev–Trinajstić information content (AvgIpc) is 2.76. The predicted octanol–water partition coefficient (Wildman–Crippen LogP) is -0.375. The van der Waals surface area contributed by atoms with E-state index in [0.717, 1.165) is 0 Å². The van der Waals surface area contributed by atoms with Crippen LogP contribution in [0.2, 0.25) is 0 Å². The lowest BCUT2D eigenvalue weighted by Crippen LogP contribution is -2.36. The number of hydrogen-bond donors (Lipinski definition) is 3. The van der Waals surface area contributed by atoms with Crippen molar-refractivity contribution in [3.63, 3.8) is 0 Å².